The van der Waals surface area contributed by atoms with Gasteiger partial charge in [0.05, 0.1) is 0 Å². The molecular formula is C23H25FN4O2S. The molecule has 0 saturated carbocycles. The van der Waals surface area contributed by atoms with Crippen molar-refractivity contribution in [1.29, 1.82) is 0 Å². The minimum atomic E-state index is -1.03. The van der Waals surface area contributed by atoms with Gasteiger partial charge in [0, 0.05) is 16.6 Å². The summed E-state index contributed by atoms with van der Waals surface area (Å²) >= 11 is 1.06. The molecule has 3 rings (SSSR count). The number of carbonyl (C=O) groups is 2. The predicted octanol–water partition coefficient (Wildman–Crippen LogP) is 4.60. The third-order valence-electron chi connectivity index (χ3n) is 4.82. The predicted molar refractivity (Wildman–Crippen MR) is 120 cm³/mol. The first-order valence-corrected chi connectivity index (χ1v) is 10.7. The summed E-state index contributed by atoms with van der Waals surface area (Å²) in [6.07, 6.45) is 0. The van der Waals surface area contributed by atoms with E-state index >= 15 is 0 Å². The number of aromatic nitrogens is 2. The van der Waals surface area contributed by atoms with E-state index in [4.69, 9.17) is 0 Å². The van der Waals surface area contributed by atoms with Gasteiger partial charge in [-0.05, 0) is 81.0 Å². The number of rotatable bonds is 5. The number of aryl methyl sites for hydroxylation is 1. The van der Waals surface area contributed by atoms with Crippen molar-refractivity contribution in [2.45, 2.75) is 46.2 Å². The Labute approximate surface area is 185 Å². The van der Waals surface area contributed by atoms with Crippen LogP contribution in [0.5, 0.6) is 0 Å². The summed E-state index contributed by atoms with van der Waals surface area (Å²) in [5.41, 5.74) is 2.50. The van der Waals surface area contributed by atoms with Gasteiger partial charge < -0.3 is 5.32 Å². The highest BCUT2D eigenvalue weighted by Crippen LogP contribution is 2.33. The minimum Gasteiger partial charge on any atom is -0.349 e. The van der Waals surface area contributed by atoms with Crippen molar-refractivity contribution in [3.8, 4) is 0 Å². The lowest BCUT2D eigenvalue weighted by Gasteiger charge is -2.34. The van der Waals surface area contributed by atoms with Crippen LogP contribution in [0.3, 0.4) is 0 Å². The molecule has 0 aliphatic rings. The molecular weight excluding hydrogens is 415 g/mol. The van der Waals surface area contributed by atoms with E-state index in [1.165, 1.54) is 29.2 Å². The smallest absolute Gasteiger partial charge is 0.280 e. The molecule has 2 amide bonds. The van der Waals surface area contributed by atoms with Crippen LogP contribution in [0.2, 0.25) is 0 Å². The molecule has 8 heteroatoms. The van der Waals surface area contributed by atoms with Crippen LogP contribution in [-0.2, 0) is 4.79 Å². The first-order chi connectivity index (χ1) is 14.6. The molecule has 31 heavy (non-hydrogen) atoms. The Balaban J connectivity index is 2.23. The molecule has 1 unspecified atom stereocenters. The van der Waals surface area contributed by atoms with Crippen LogP contribution >= 0.6 is 11.5 Å². The normalized spacial score (nSPS) is 12.3. The van der Waals surface area contributed by atoms with Crippen LogP contribution in [-0.4, -0.2) is 26.9 Å². The van der Waals surface area contributed by atoms with Gasteiger partial charge in [0.25, 0.3) is 5.91 Å². The number of benzene rings is 2. The van der Waals surface area contributed by atoms with Gasteiger partial charge in [-0.25, -0.2) is 4.39 Å². The Morgan fingerprint density at radius 1 is 1.10 bits per heavy atom. The van der Waals surface area contributed by atoms with E-state index in [2.05, 4.69) is 14.9 Å². The zero-order valence-electron chi connectivity index (χ0n) is 18.1. The largest absolute Gasteiger partial charge is 0.349 e. The molecule has 0 bridgehead atoms. The second kappa shape index (κ2) is 8.93. The lowest BCUT2D eigenvalue weighted by molar-refractivity contribution is -0.123. The monoisotopic (exact) mass is 440 g/mol. The fourth-order valence-corrected chi connectivity index (χ4v) is 3.67. The van der Waals surface area contributed by atoms with E-state index in [0.717, 1.165) is 22.7 Å². The highest BCUT2D eigenvalue weighted by Gasteiger charge is 2.36. The summed E-state index contributed by atoms with van der Waals surface area (Å²) in [6.45, 7) is 9.42. The average Bonchev–Trinajstić information content (AvgIpc) is 3.22. The van der Waals surface area contributed by atoms with E-state index in [1.807, 2.05) is 46.8 Å². The molecule has 162 valence electrons. The van der Waals surface area contributed by atoms with Gasteiger partial charge in [-0.2, -0.15) is 0 Å². The third kappa shape index (κ3) is 5.14. The molecule has 3 aromatic rings. The lowest BCUT2D eigenvalue weighted by Crippen LogP contribution is -2.49. The second-order valence-electron chi connectivity index (χ2n) is 8.38. The summed E-state index contributed by atoms with van der Waals surface area (Å²) in [4.78, 5) is 28.5. The molecule has 1 atom stereocenters. The van der Waals surface area contributed by atoms with Gasteiger partial charge in [0.15, 0.2) is 5.69 Å². The summed E-state index contributed by atoms with van der Waals surface area (Å²) in [7, 11) is 0. The van der Waals surface area contributed by atoms with Crippen molar-refractivity contribution in [2.75, 3.05) is 4.90 Å². The highest BCUT2D eigenvalue weighted by atomic mass is 32.1. The van der Waals surface area contributed by atoms with Crippen molar-refractivity contribution in [3.63, 3.8) is 0 Å². The van der Waals surface area contributed by atoms with Crippen molar-refractivity contribution in [3.05, 3.63) is 76.0 Å². The number of hydrogen-bond acceptors (Lipinski definition) is 5. The maximum Gasteiger partial charge on any atom is 0.280 e. The zero-order valence-corrected chi connectivity index (χ0v) is 19.0. The zero-order chi connectivity index (χ0) is 22.8. The van der Waals surface area contributed by atoms with Gasteiger partial charge in [0.2, 0.25) is 5.91 Å². The number of halogens is 1. The molecule has 6 nitrogen and oxygen atoms in total. The lowest BCUT2D eigenvalue weighted by atomic mass is 9.98. The van der Waals surface area contributed by atoms with Gasteiger partial charge in [-0.15, -0.1) is 5.10 Å². The SMILES string of the molecule is Cc1cccc(N(C(=O)c2csnn2)C(C(=O)NC(C)(C)C)c2ccc(F)cc2)c1C. The van der Waals surface area contributed by atoms with E-state index < -0.39 is 23.3 Å². The fraction of sp³-hybridized carbons (Fsp3) is 0.304. The van der Waals surface area contributed by atoms with E-state index in [9.17, 15) is 14.0 Å². The van der Waals surface area contributed by atoms with Crippen LogP contribution in [0, 0.1) is 19.7 Å². The van der Waals surface area contributed by atoms with Crippen LogP contribution in [0.4, 0.5) is 10.1 Å². The highest BCUT2D eigenvalue weighted by molar-refractivity contribution is 7.03. The standard InChI is InChI=1S/C23H25FN4O2S/c1-14-7-6-8-19(15(14)2)28(22(30)18-13-31-27-26-18)20(21(29)25-23(3,4)5)16-9-11-17(24)12-10-16/h6-13,20H,1-5H3,(H,25,29). The van der Waals surface area contributed by atoms with Crippen LogP contribution in [0.15, 0.2) is 47.8 Å². The maximum atomic E-state index is 13.6. The van der Waals surface area contributed by atoms with Crippen LogP contribution in [0.1, 0.15) is 54.0 Å². The Hall–Kier alpha value is -3.13. The summed E-state index contributed by atoms with van der Waals surface area (Å²) in [5, 5.41) is 8.43. The maximum absolute atomic E-state index is 13.6. The molecule has 1 aromatic heterocycles. The number of carbonyl (C=O) groups excluding carboxylic acids is 2. The first-order valence-electron chi connectivity index (χ1n) is 9.83. The second-order valence-corrected chi connectivity index (χ2v) is 8.99. The van der Waals surface area contributed by atoms with Gasteiger partial charge >= 0.3 is 0 Å². The van der Waals surface area contributed by atoms with E-state index in [-0.39, 0.29) is 11.6 Å². The molecule has 1 heterocycles. The van der Waals surface area contributed by atoms with Crippen molar-refractivity contribution in [1.82, 2.24) is 14.9 Å². The van der Waals surface area contributed by atoms with Crippen molar-refractivity contribution >= 4 is 29.0 Å². The molecule has 0 saturated heterocycles. The Bertz CT molecular complexity index is 1080. The number of nitrogens with one attached hydrogen (secondary N) is 1. The molecule has 0 aliphatic heterocycles. The number of anilines is 1. The molecule has 0 radical (unpaired) electrons. The third-order valence-corrected chi connectivity index (χ3v) is 5.33. The number of amides is 2. The quantitative estimate of drug-likeness (QED) is 0.629. The molecule has 2 aromatic carbocycles. The van der Waals surface area contributed by atoms with Crippen molar-refractivity contribution in [2.24, 2.45) is 0 Å². The Kier molecular flexibility index (Phi) is 6.50. The summed E-state index contributed by atoms with van der Waals surface area (Å²) < 4.78 is 17.4. The number of nitrogens with zero attached hydrogens (tertiary/aromatic N) is 3. The van der Waals surface area contributed by atoms with Crippen LogP contribution < -0.4 is 10.2 Å². The molecule has 0 fully saturated rings. The van der Waals surface area contributed by atoms with Gasteiger partial charge in [-0.3, -0.25) is 14.5 Å². The molecule has 0 spiro atoms. The van der Waals surface area contributed by atoms with E-state index in [0.29, 0.717) is 11.3 Å². The number of hydrogen-bond donors (Lipinski definition) is 1. The Morgan fingerprint density at radius 2 is 1.77 bits per heavy atom. The van der Waals surface area contributed by atoms with Gasteiger partial charge in [0.1, 0.15) is 11.9 Å². The van der Waals surface area contributed by atoms with Crippen LogP contribution in [0.25, 0.3) is 0 Å². The van der Waals surface area contributed by atoms with E-state index in [1.54, 1.807) is 11.4 Å². The Morgan fingerprint density at radius 3 is 2.35 bits per heavy atom. The summed E-state index contributed by atoms with van der Waals surface area (Å²) in [5.74, 6) is -1.26. The molecule has 0 aliphatic carbocycles. The fourth-order valence-electron chi connectivity index (χ4n) is 3.24. The first kappa shape index (κ1) is 22.6. The molecule has 1 N–H and O–H groups in total. The minimum absolute atomic E-state index is 0.140. The summed E-state index contributed by atoms with van der Waals surface area (Å²) in [6, 6.07) is 10.1. The topological polar surface area (TPSA) is 75.2 Å². The van der Waals surface area contributed by atoms with Gasteiger partial charge in [-0.1, -0.05) is 28.8 Å². The average molecular weight is 441 g/mol. The van der Waals surface area contributed by atoms with Crippen molar-refractivity contribution < 1.29 is 14.0 Å².